The third-order valence-electron chi connectivity index (χ3n) is 15.1. The fraction of sp³-hybridized carbons (Fsp3) is 0.129. The predicted molar refractivity (Wildman–Crippen MR) is 289 cm³/mol. The molecule has 6 aliphatic heterocycles. The summed E-state index contributed by atoms with van der Waals surface area (Å²) in [5.41, 5.74) is 14.6. The Morgan fingerprint density at radius 1 is 0.333 bits per heavy atom. The van der Waals surface area contributed by atoms with Crippen molar-refractivity contribution in [3.8, 4) is 69.0 Å². The zero-order valence-corrected chi connectivity index (χ0v) is 40.7. The fourth-order valence-corrected chi connectivity index (χ4v) is 11.8. The van der Waals surface area contributed by atoms with Crippen LogP contribution in [0.25, 0.3) is 0 Å². The van der Waals surface area contributed by atoms with E-state index in [2.05, 4.69) is 173 Å². The Balaban J connectivity index is 0.933. The minimum atomic E-state index is -0.220. The second-order valence-electron chi connectivity index (χ2n) is 21.7. The molecule has 0 amide bonds. The molecule has 0 unspecified atom stereocenters. The number of hydrogen-bond acceptors (Lipinski definition) is 8. The molecule has 9 aromatic rings. The van der Waals surface area contributed by atoms with Gasteiger partial charge in [0.05, 0.1) is 22.7 Å². The van der Waals surface area contributed by atoms with Crippen LogP contribution in [0.5, 0.6) is 69.0 Å². The van der Waals surface area contributed by atoms with Gasteiger partial charge in [-0.15, -0.1) is 0 Å². The Morgan fingerprint density at radius 3 is 1.21 bits per heavy atom. The van der Waals surface area contributed by atoms with Crippen molar-refractivity contribution < 1.29 is 28.4 Å². The molecule has 0 saturated carbocycles. The van der Waals surface area contributed by atoms with E-state index < -0.39 is 0 Å². The molecule has 6 heterocycles. The molecule has 346 valence electrons. The van der Waals surface area contributed by atoms with Crippen LogP contribution in [0.1, 0.15) is 52.7 Å². The Hall–Kier alpha value is -8.49. The molecule has 9 aromatic carbocycles. The van der Waals surface area contributed by atoms with Gasteiger partial charge in [-0.1, -0.05) is 120 Å². The summed E-state index contributed by atoms with van der Waals surface area (Å²) >= 11 is 0. The number of para-hydroxylation sites is 6. The maximum absolute atomic E-state index is 7.23. The Bertz CT molecular complexity index is 3610. The van der Waals surface area contributed by atoms with Crippen molar-refractivity contribution >= 4 is 80.3 Å². The second-order valence-corrected chi connectivity index (χ2v) is 21.7. The van der Waals surface area contributed by atoms with E-state index in [0.29, 0.717) is 23.0 Å². The summed E-state index contributed by atoms with van der Waals surface area (Å²) in [6.07, 6.45) is 0. The average molecular weight is 937 g/mol. The first-order chi connectivity index (χ1) is 34.9. The van der Waals surface area contributed by atoms with Gasteiger partial charge in [0.15, 0.2) is 23.0 Å². The van der Waals surface area contributed by atoms with Crippen LogP contribution in [0, 0.1) is 0 Å². The highest BCUT2D eigenvalue weighted by Crippen LogP contribution is 2.55. The standard InChI is InChI=1S/C62H46B2N2O6/c1-61(2,3)35-15-11-17-37(27-35)67-39-29-47-57-55(31-39)71-53-34-54-44(33-43(53)63(57)41-19-13-25-51-59(41)65(47)45-21-7-9-23-49(45)69-51)64-42-20-14-26-52-60(42)66(46-22-8-10-24-50(46)70-52)48-30-40(32-56(72-54)58(48)64)68-38-18-12-16-36(28-38)62(4,5)6/h7-34H,1-6H3. The number of anilines is 6. The molecule has 15 rings (SSSR count). The van der Waals surface area contributed by atoms with E-state index in [1.807, 2.05) is 48.5 Å². The quantitative estimate of drug-likeness (QED) is 0.162. The number of benzene rings is 9. The van der Waals surface area contributed by atoms with E-state index in [1.54, 1.807) is 0 Å². The molecule has 0 saturated heterocycles. The van der Waals surface area contributed by atoms with Crippen molar-refractivity contribution in [2.45, 2.75) is 52.4 Å². The van der Waals surface area contributed by atoms with Crippen molar-refractivity contribution in [1.82, 2.24) is 0 Å². The van der Waals surface area contributed by atoms with Gasteiger partial charge >= 0.3 is 0 Å². The van der Waals surface area contributed by atoms with Crippen LogP contribution in [-0.2, 0) is 10.8 Å². The SMILES string of the molecule is CC(C)(C)c1cccc(Oc2cc3c4c(c2)N2c5ccccc5Oc5cccc(c52)B4c2cc4c(cc2O3)Oc2cc(Oc3cccc(C(C)(C)C)c3)cc3c2B4c2cccc4c2N3c2ccccc2O4)c1. The van der Waals surface area contributed by atoms with Crippen LogP contribution in [0.3, 0.4) is 0 Å². The van der Waals surface area contributed by atoms with Crippen molar-refractivity contribution in [3.05, 3.63) is 181 Å². The van der Waals surface area contributed by atoms with E-state index in [4.69, 9.17) is 28.4 Å². The van der Waals surface area contributed by atoms with Crippen LogP contribution >= 0.6 is 0 Å². The molecule has 0 radical (unpaired) electrons. The largest absolute Gasteiger partial charge is 0.458 e. The summed E-state index contributed by atoms with van der Waals surface area (Å²) in [6.45, 7) is 12.9. The van der Waals surface area contributed by atoms with E-state index in [9.17, 15) is 0 Å². The van der Waals surface area contributed by atoms with E-state index in [0.717, 1.165) is 113 Å². The van der Waals surface area contributed by atoms with Crippen molar-refractivity contribution in [1.29, 1.82) is 0 Å². The topological polar surface area (TPSA) is 61.9 Å². The number of hydrogen-bond donors (Lipinski definition) is 0. The minimum absolute atomic E-state index is 0.0507. The molecule has 10 heteroatoms. The van der Waals surface area contributed by atoms with Crippen molar-refractivity contribution in [2.24, 2.45) is 0 Å². The highest BCUT2D eigenvalue weighted by atomic mass is 16.5. The van der Waals surface area contributed by atoms with Crippen LogP contribution in [0.4, 0.5) is 34.1 Å². The maximum atomic E-state index is 7.23. The van der Waals surface area contributed by atoms with Crippen molar-refractivity contribution in [3.63, 3.8) is 0 Å². The number of ether oxygens (including phenoxy) is 6. The summed E-state index contributed by atoms with van der Waals surface area (Å²) < 4.78 is 41.6. The molecule has 0 N–H and O–H groups in total. The van der Waals surface area contributed by atoms with Crippen LogP contribution in [0.15, 0.2) is 170 Å². The third-order valence-corrected chi connectivity index (χ3v) is 15.1. The van der Waals surface area contributed by atoms with Crippen molar-refractivity contribution in [2.75, 3.05) is 9.80 Å². The molecular weight excluding hydrogens is 890 g/mol. The van der Waals surface area contributed by atoms with Gasteiger partial charge in [0.2, 0.25) is 0 Å². The second kappa shape index (κ2) is 14.5. The normalized spacial score (nSPS) is 14.3. The molecule has 0 bridgehead atoms. The third kappa shape index (κ3) is 6.01. The minimum Gasteiger partial charge on any atom is -0.458 e. The number of fused-ring (bicyclic) bond motifs is 12. The van der Waals surface area contributed by atoms with Gasteiger partial charge in [0.25, 0.3) is 13.4 Å². The number of rotatable bonds is 4. The average Bonchev–Trinajstić information content (AvgIpc) is 3.36. The summed E-state index contributed by atoms with van der Waals surface area (Å²) in [5.74, 6) is 8.89. The van der Waals surface area contributed by atoms with E-state index in [1.165, 1.54) is 11.1 Å². The van der Waals surface area contributed by atoms with Crippen LogP contribution in [-0.4, -0.2) is 13.4 Å². The van der Waals surface area contributed by atoms with Gasteiger partial charge < -0.3 is 38.2 Å². The molecular formula is C62H46B2N2O6. The van der Waals surface area contributed by atoms with Gasteiger partial charge in [-0.2, -0.15) is 0 Å². The molecule has 72 heavy (non-hydrogen) atoms. The maximum Gasteiger partial charge on any atom is 0.256 e. The highest BCUT2D eigenvalue weighted by Gasteiger charge is 2.49. The van der Waals surface area contributed by atoms with Crippen LogP contribution < -0.4 is 71.0 Å². The van der Waals surface area contributed by atoms with Gasteiger partial charge in [-0.3, -0.25) is 0 Å². The summed E-state index contributed by atoms with van der Waals surface area (Å²) in [7, 11) is 0. The monoisotopic (exact) mass is 936 g/mol. The molecule has 8 nitrogen and oxygen atoms in total. The smallest absolute Gasteiger partial charge is 0.256 e. The van der Waals surface area contributed by atoms with Gasteiger partial charge in [0, 0.05) is 41.7 Å². The lowest BCUT2D eigenvalue weighted by Gasteiger charge is -2.44. The lowest BCUT2D eigenvalue weighted by atomic mass is 9.31. The number of nitrogens with zero attached hydrogens (tertiary/aromatic N) is 2. The zero-order chi connectivity index (χ0) is 48.4. The Labute approximate surface area is 419 Å². The van der Waals surface area contributed by atoms with E-state index >= 15 is 0 Å². The Morgan fingerprint density at radius 2 is 0.750 bits per heavy atom. The Kier molecular flexibility index (Phi) is 8.35. The summed E-state index contributed by atoms with van der Waals surface area (Å²) in [5, 5.41) is 0. The molecule has 0 aromatic heterocycles. The first-order valence-corrected chi connectivity index (χ1v) is 24.8. The molecule has 0 atom stereocenters. The van der Waals surface area contributed by atoms with E-state index in [-0.39, 0.29) is 24.3 Å². The zero-order valence-electron chi connectivity index (χ0n) is 40.7. The van der Waals surface area contributed by atoms with Crippen LogP contribution in [0.2, 0.25) is 0 Å². The summed E-state index contributed by atoms with van der Waals surface area (Å²) in [4.78, 5) is 4.66. The van der Waals surface area contributed by atoms with Gasteiger partial charge in [-0.25, -0.2) is 0 Å². The van der Waals surface area contributed by atoms with Gasteiger partial charge in [0.1, 0.15) is 46.0 Å². The summed E-state index contributed by atoms with van der Waals surface area (Å²) in [6, 6.07) is 58.9. The molecule has 0 spiro atoms. The highest BCUT2D eigenvalue weighted by molar-refractivity contribution is 7.02. The lowest BCUT2D eigenvalue weighted by Crippen LogP contribution is -2.63. The molecule has 0 aliphatic carbocycles. The fourth-order valence-electron chi connectivity index (χ4n) is 11.8. The molecule has 6 aliphatic rings. The van der Waals surface area contributed by atoms with Gasteiger partial charge in [-0.05, 0) is 115 Å². The lowest BCUT2D eigenvalue weighted by molar-refractivity contribution is 0.449. The first-order valence-electron chi connectivity index (χ1n) is 24.8. The molecule has 0 fully saturated rings. The predicted octanol–water partition coefficient (Wildman–Crippen LogP) is 12.9. The first kappa shape index (κ1) is 41.3.